The SMILES string of the molecule is CNC(=O)c1ccc(OC2CC2)c(O)c1. The molecule has 0 aromatic heterocycles. The Balaban J connectivity index is 2.17. The number of amides is 1. The first kappa shape index (κ1) is 9.83. The monoisotopic (exact) mass is 207 g/mol. The van der Waals surface area contributed by atoms with Gasteiger partial charge in [-0.15, -0.1) is 0 Å². The molecule has 1 amide bonds. The van der Waals surface area contributed by atoms with Crippen LogP contribution in [-0.2, 0) is 0 Å². The number of phenolic OH excluding ortho intramolecular Hbond substituents is 1. The normalized spacial score (nSPS) is 14.7. The fourth-order valence-corrected chi connectivity index (χ4v) is 1.27. The molecule has 0 spiro atoms. The molecule has 4 heteroatoms. The number of carbonyl (C=O) groups excluding carboxylic acids is 1. The Morgan fingerprint density at radius 3 is 2.80 bits per heavy atom. The lowest BCUT2D eigenvalue weighted by Crippen LogP contribution is -2.17. The highest BCUT2D eigenvalue weighted by Gasteiger charge is 2.24. The molecule has 0 heterocycles. The highest BCUT2D eigenvalue weighted by molar-refractivity contribution is 5.94. The van der Waals surface area contributed by atoms with Gasteiger partial charge < -0.3 is 15.2 Å². The van der Waals surface area contributed by atoms with Gasteiger partial charge in [-0.25, -0.2) is 0 Å². The minimum absolute atomic E-state index is 0.0167. The molecule has 0 radical (unpaired) electrons. The number of benzene rings is 1. The summed E-state index contributed by atoms with van der Waals surface area (Å²) in [4.78, 5) is 11.2. The van der Waals surface area contributed by atoms with Gasteiger partial charge in [0.15, 0.2) is 11.5 Å². The van der Waals surface area contributed by atoms with E-state index in [1.807, 2.05) is 0 Å². The number of hydrogen-bond donors (Lipinski definition) is 2. The molecule has 2 rings (SSSR count). The molecule has 0 bridgehead atoms. The van der Waals surface area contributed by atoms with Crippen LogP contribution in [0.25, 0.3) is 0 Å². The summed E-state index contributed by atoms with van der Waals surface area (Å²) in [6.45, 7) is 0. The quantitative estimate of drug-likeness (QED) is 0.785. The summed E-state index contributed by atoms with van der Waals surface area (Å²) in [7, 11) is 1.55. The summed E-state index contributed by atoms with van der Waals surface area (Å²) in [6, 6.07) is 4.67. The second-order valence-corrected chi connectivity index (χ2v) is 3.58. The number of aromatic hydroxyl groups is 1. The highest BCUT2D eigenvalue weighted by atomic mass is 16.5. The standard InChI is InChI=1S/C11H13NO3/c1-12-11(14)7-2-5-10(9(13)6-7)15-8-3-4-8/h2,5-6,8,13H,3-4H2,1H3,(H,12,14). The van der Waals surface area contributed by atoms with Gasteiger partial charge in [0.1, 0.15) is 0 Å². The minimum atomic E-state index is -0.219. The summed E-state index contributed by atoms with van der Waals surface area (Å²) in [5, 5.41) is 12.1. The van der Waals surface area contributed by atoms with Crippen molar-refractivity contribution in [2.24, 2.45) is 0 Å². The van der Waals surface area contributed by atoms with Crippen LogP contribution in [0.5, 0.6) is 11.5 Å². The van der Waals surface area contributed by atoms with E-state index in [1.54, 1.807) is 19.2 Å². The van der Waals surface area contributed by atoms with Crippen molar-refractivity contribution in [1.29, 1.82) is 0 Å². The molecule has 15 heavy (non-hydrogen) atoms. The lowest BCUT2D eigenvalue weighted by atomic mass is 10.2. The average molecular weight is 207 g/mol. The predicted octanol–water partition coefficient (Wildman–Crippen LogP) is 1.29. The van der Waals surface area contributed by atoms with Crippen LogP contribution in [-0.4, -0.2) is 24.2 Å². The van der Waals surface area contributed by atoms with E-state index in [2.05, 4.69) is 5.32 Å². The molecule has 1 saturated carbocycles. The van der Waals surface area contributed by atoms with E-state index in [0.29, 0.717) is 11.3 Å². The molecule has 1 fully saturated rings. The molecule has 4 nitrogen and oxygen atoms in total. The Morgan fingerprint density at radius 2 is 2.27 bits per heavy atom. The van der Waals surface area contributed by atoms with Crippen LogP contribution in [0.15, 0.2) is 18.2 Å². The molecule has 0 aliphatic heterocycles. The summed E-state index contributed by atoms with van der Waals surface area (Å²) < 4.78 is 5.44. The molecule has 0 atom stereocenters. The van der Waals surface area contributed by atoms with E-state index < -0.39 is 0 Å². The predicted molar refractivity (Wildman–Crippen MR) is 55.1 cm³/mol. The Bertz CT molecular complexity index is 385. The van der Waals surface area contributed by atoms with Gasteiger partial charge in [0.25, 0.3) is 5.91 Å². The van der Waals surface area contributed by atoms with E-state index in [0.717, 1.165) is 12.8 Å². The summed E-state index contributed by atoms with van der Waals surface area (Å²) in [5.41, 5.74) is 0.429. The van der Waals surface area contributed by atoms with Crippen molar-refractivity contribution in [3.8, 4) is 11.5 Å². The Labute approximate surface area is 87.9 Å². The van der Waals surface area contributed by atoms with Gasteiger partial charge in [-0.05, 0) is 31.0 Å². The van der Waals surface area contributed by atoms with Crippen molar-refractivity contribution < 1.29 is 14.6 Å². The van der Waals surface area contributed by atoms with Gasteiger partial charge in [-0.2, -0.15) is 0 Å². The third-order valence-corrected chi connectivity index (χ3v) is 2.27. The van der Waals surface area contributed by atoms with E-state index in [1.165, 1.54) is 6.07 Å². The van der Waals surface area contributed by atoms with Crippen LogP contribution in [0, 0.1) is 0 Å². The zero-order chi connectivity index (χ0) is 10.8. The Hall–Kier alpha value is -1.71. The smallest absolute Gasteiger partial charge is 0.251 e. The van der Waals surface area contributed by atoms with Crippen molar-refractivity contribution in [3.63, 3.8) is 0 Å². The van der Waals surface area contributed by atoms with Crippen LogP contribution < -0.4 is 10.1 Å². The molecule has 0 unspecified atom stereocenters. The van der Waals surface area contributed by atoms with Gasteiger partial charge in [0, 0.05) is 12.6 Å². The number of nitrogens with one attached hydrogen (secondary N) is 1. The number of phenols is 1. The van der Waals surface area contributed by atoms with Crippen molar-refractivity contribution in [2.45, 2.75) is 18.9 Å². The molecule has 1 aromatic carbocycles. The maximum Gasteiger partial charge on any atom is 0.251 e. The Kier molecular flexibility index (Phi) is 2.49. The van der Waals surface area contributed by atoms with Gasteiger partial charge in [0.05, 0.1) is 6.10 Å². The van der Waals surface area contributed by atoms with Gasteiger partial charge >= 0.3 is 0 Å². The fourth-order valence-electron chi connectivity index (χ4n) is 1.27. The first-order chi connectivity index (χ1) is 7.20. The highest BCUT2D eigenvalue weighted by Crippen LogP contribution is 2.33. The van der Waals surface area contributed by atoms with Crippen LogP contribution in [0.1, 0.15) is 23.2 Å². The van der Waals surface area contributed by atoms with E-state index >= 15 is 0 Å². The number of rotatable bonds is 3. The van der Waals surface area contributed by atoms with E-state index in [4.69, 9.17) is 4.74 Å². The molecular formula is C11H13NO3. The minimum Gasteiger partial charge on any atom is -0.504 e. The van der Waals surface area contributed by atoms with Gasteiger partial charge in [-0.3, -0.25) is 4.79 Å². The third kappa shape index (κ3) is 2.21. The van der Waals surface area contributed by atoms with E-state index in [9.17, 15) is 9.90 Å². The summed E-state index contributed by atoms with van der Waals surface area (Å²) in [6.07, 6.45) is 2.31. The summed E-state index contributed by atoms with van der Waals surface area (Å²) in [5.74, 6) is 0.247. The summed E-state index contributed by atoms with van der Waals surface area (Å²) >= 11 is 0. The van der Waals surface area contributed by atoms with Crippen molar-refractivity contribution in [1.82, 2.24) is 5.32 Å². The molecule has 2 N–H and O–H groups in total. The zero-order valence-corrected chi connectivity index (χ0v) is 8.49. The maximum atomic E-state index is 11.2. The third-order valence-electron chi connectivity index (χ3n) is 2.27. The van der Waals surface area contributed by atoms with Gasteiger partial charge in [0.2, 0.25) is 0 Å². The molecule has 80 valence electrons. The second-order valence-electron chi connectivity index (χ2n) is 3.58. The average Bonchev–Trinajstić information content (AvgIpc) is 3.04. The molecule has 1 aromatic rings. The molecule has 1 aliphatic carbocycles. The van der Waals surface area contributed by atoms with Crippen LogP contribution in [0.4, 0.5) is 0 Å². The van der Waals surface area contributed by atoms with Crippen molar-refractivity contribution >= 4 is 5.91 Å². The Morgan fingerprint density at radius 1 is 1.53 bits per heavy atom. The molecular weight excluding hydrogens is 194 g/mol. The number of hydrogen-bond acceptors (Lipinski definition) is 3. The van der Waals surface area contributed by atoms with Crippen molar-refractivity contribution in [2.75, 3.05) is 7.05 Å². The lowest BCUT2D eigenvalue weighted by molar-refractivity contribution is 0.0962. The van der Waals surface area contributed by atoms with Gasteiger partial charge in [-0.1, -0.05) is 0 Å². The van der Waals surface area contributed by atoms with Crippen molar-refractivity contribution in [3.05, 3.63) is 23.8 Å². The lowest BCUT2D eigenvalue weighted by Gasteiger charge is -2.07. The van der Waals surface area contributed by atoms with E-state index in [-0.39, 0.29) is 17.8 Å². The first-order valence-electron chi connectivity index (χ1n) is 4.92. The second kappa shape index (κ2) is 3.81. The number of carbonyl (C=O) groups is 1. The zero-order valence-electron chi connectivity index (χ0n) is 8.49. The topological polar surface area (TPSA) is 58.6 Å². The van der Waals surface area contributed by atoms with Crippen LogP contribution >= 0.6 is 0 Å². The number of ether oxygens (including phenoxy) is 1. The van der Waals surface area contributed by atoms with Crippen LogP contribution in [0.3, 0.4) is 0 Å². The molecule has 1 aliphatic rings. The first-order valence-corrected chi connectivity index (χ1v) is 4.92. The largest absolute Gasteiger partial charge is 0.504 e. The molecule has 0 saturated heterocycles. The van der Waals surface area contributed by atoms with Crippen LogP contribution in [0.2, 0.25) is 0 Å². The fraction of sp³-hybridized carbons (Fsp3) is 0.364. The maximum absolute atomic E-state index is 11.2.